The molecule has 2 unspecified atom stereocenters. The third kappa shape index (κ3) is 3.11. The fraction of sp³-hybridized carbons (Fsp3) is 0.588. The van der Waals surface area contributed by atoms with Gasteiger partial charge in [-0.1, -0.05) is 24.6 Å². The molecule has 2 atom stereocenters. The number of hydrogen-bond acceptors (Lipinski definition) is 3. The second kappa shape index (κ2) is 6.58. The highest BCUT2D eigenvalue weighted by Crippen LogP contribution is 2.27. The smallest absolute Gasteiger partial charge is 0.251 e. The van der Waals surface area contributed by atoms with Crippen molar-refractivity contribution in [1.29, 1.82) is 0 Å². The molecular formula is C17H25N3O. The van der Waals surface area contributed by atoms with Crippen LogP contribution in [0.3, 0.4) is 0 Å². The number of rotatable bonds is 4. The summed E-state index contributed by atoms with van der Waals surface area (Å²) in [7, 11) is 0. The minimum atomic E-state index is 0.0662. The molecule has 2 heterocycles. The Hall–Kier alpha value is -1.39. The summed E-state index contributed by atoms with van der Waals surface area (Å²) in [4.78, 5) is 15.1. The van der Waals surface area contributed by atoms with Crippen LogP contribution in [0.1, 0.15) is 41.6 Å². The quantitative estimate of drug-likeness (QED) is 0.883. The maximum absolute atomic E-state index is 12.6. The maximum Gasteiger partial charge on any atom is 0.251 e. The Morgan fingerprint density at radius 1 is 1.24 bits per heavy atom. The minimum absolute atomic E-state index is 0.0662. The van der Waals surface area contributed by atoms with Crippen molar-refractivity contribution in [3.05, 3.63) is 35.4 Å². The van der Waals surface area contributed by atoms with E-state index in [1.165, 1.54) is 25.8 Å². The summed E-state index contributed by atoms with van der Waals surface area (Å²) < 4.78 is 0. The minimum Gasteiger partial charge on any atom is -0.348 e. The highest BCUT2D eigenvalue weighted by molar-refractivity contribution is 5.96. The Kier molecular flexibility index (Phi) is 4.56. The van der Waals surface area contributed by atoms with Gasteiger partial charge < -0.3 is 11.1 Å². The summed E-state index contributed by atoms with van der Waals surface area (Å²) in [6, 6.07) is 8.67. The molecule has 0 saturated carbocycles. The summed E-state index contributed by atoms with van der Waals surface area (Å²) >= 11 is 0. The van der Waals surface area contributed by atoms with Crippen molar-refractivity contribution in [1.82, 2.24) is 10.2 Å². The van der Waals surface area contributed by atoms with Crippen LogP contribution in [0.5, 0.6) is 0 Å². The van der Waals surface area contributed by atoms with Crippen molar-refractivity contribution in [2.45, 2.75) is 44.2 Å². The van der Waals surface area contributed by atoms with Gasteiger partial charge in [-0.15, -0.1) is 0 Å². The first kappa shape index (κ1) is 14.5. The average Bonchev–Trinajstić information content (AvgIpc) is 2.91. The predicted octanol–water partition coefficient (Wildman–Crippen LogP) is 1.54. The van der Waals surface area contributed by atoms with Crippen molar-refractivity contribution in [3.8, 4) is 0 Å². The molecule has 3 N–H and O–H groups in total. The number of hydrogen-bond donors (Lipinski definition) is 2. The normalized spacial score (nSPS) is 25.6. The Morgan fingerprint density at radius 3 is 2.95 bits per heavy atom. The van der Waals surface area contributed by atoms with Gasteiger partial charge in [-0.2, -0.15) is 0 Å². The van der Waals surface area contributed by atoms with Crippen molar-refractivity contribution >= 4 is 5.91 Å². The Labute approximate surface area is 126 Å². The van der Waals surface area contributed by atoms with Gasteiger partial charge in [-0.3, -0.25) is 9.69 Å². The number of benzene rings is 1. The van der Waals surface area contributed by atoms with E-state index in [2.05, 4.69) is 10.2 Å². The molecule has 0 spiro atoms. The monoisotopic (exact) mass is 287 g/mol. The largest absolute Gasteiger partial charge is 0.348 e. The molecule has 1 aromatic carbocycles. The fourth-order valence-corrected chi connectivity index (χ4v) is 3.78. The van der Waals surface area contributed by atoms with Crippen LogP contribution >= 0.6 is 0 Å². The van der Waals surface area contributed by atoms with Gasteiger partial charge in [0.15, 0.2) is 0 Å². The molecule has 0 aromatic heterocycles. The van der Waals surface area contributed by atoms with Crippen LogP contribution < -0.4 is 11.1 Å². The number of amides is 1. The lowest BCUT2D eigenvalue weighted by Crippen LogP contribution is -2.46. The summed E-state index contributed by atoms with van der Waals surface area (Å²) in [5.74, 6) is 0.0662. The molecule has 0 aliphatic carbocycles. The topological polar surface area (TPSA) is 58.4 Å². The summed E-state index contributed by atoms with van der Waals surface area (Å²) in [5.41, 5.74) is 7.48. The van der Waals surface area contributed by atoms with Crippen LogP contribution in [0.4, 0.5) is 0 Å². The van der Waals surface area contributed by atoms with Crippen molar-refractivity contribution in [3.63, 3.8) is 0 Å². The molecule has 2 aliphatic rings. The number of nitrogens with zero attached hydrogens (tertiary/aromatic N) is 1. The number of fused-ring (bicyclic) bond motifs is 1. The first-order valence-corrected chi connectivity index (χ1v) is 8.12. The van der Waals surface area contributed by atoms with E-state index in [9.17, 15) is 4.79 Å². The highest BCUT2D eigenvalue weighted by atomic mass is 16.1. The molecular weight excluding hydrogens is 262 g/mol. The van der Waals surface area contributed by atoms with Gasteiger partial charge in [0.25, 0.3) is 5.91 Å². The van der Waals surface area contributed by atoms with Crippen molar-refractivity contribution < 1.29 is 4.79 Å². The molecule has 1 aromatic rings. The first-order chi connectivity index (χ1) is 10.3. The number of nitrogens with two attached hydrogens (primary N) is 1. The molecule has 2 aliphatic heterocycles. The van der Waals surface area contributed by atoms with Crippen LogP contribution in [0, 0.1) is 0 Å². The van der Waals surface area contributed by atoms with Gasteiger partial charge in [0.2, 0.25) is 0 Å². The number of nitrogens with one attached hydrogen (secondary N) is 1. The Morgan fingerprint density at radius 2 is 2.10 bits per heavy atom. The number of piperidine rings is 1. The zero-order valence-electron chi connectivity index (χ0n) is 12.6. The lowest BCUT2D eigenvalue weighted by Gasteiger charge is -2.32. The van der Waals surface area contributed by atoms with E-state index in [0.717, 1.165) is 30.5 Å². The van der Waals surface area contributed by atoms with E-state index in [1.807, 2.05) is 24.3 Å². The van der Waals surface area contributed by atoms with E-state index in [1.54, 1.807) is 0 Å². The first-order valence-electron chi connectivity index (χ1n) is 8.12. The highest BCUT2D eigenvalue weighted by Gasteiger charge is 2.36. The Bertz CT molecular complexity index is 503. The van der Waals surface area contributed by atoms with E-state index in [-0.39, 0.29) is 5.91 Å². The molecule has 0 bridgehead atoms. The fourth-order valence-electron chi connectivity index (χ4n) is 3.78. The van der Waals surface area contributed by atoms with E-state index >= 15 is 0 Å². The molecule has 2 fully saturated rings. The van der Waals surface area contributed by atoms with E-state index in [4.69, 9.17) is 5.73 Å². The van der Waals surface area contributed by atoms with Crippen LogP contribution in [0.2, 0.25) is 0 Å². The molecule has 4 nitrogen and oxygen atoms in total. The maximum atomic E-state index is 12.6. The molecule has 2 saturated heterocycles. The zero-order valence-corrected chi connectivity index (χ0v) is 12.6. The van der Waals surface area contributed by atoms with Crippen LogP contribution in [-0.4, -0.2) is 42.5 Å². The summed E-state index contributed by atoms with van der Waals surface area (Å²) in [6.07, 6.45) is 5.64. The molecule has 3 rings (SSSR count). The second-order valence-electron chi connectivity index (χ2n) is 6.16. The molecule has 114 valence electrons. The van der Waals surface area contributed by atoms with Gasteiger partial charge in [0.1, 0.15) is 0 Å². The number of carbonyl (C=O) groups excluding carboxylic acids is 1. The lowest BCUT2D eigenvalue weighted by atomic mass is 9.98. The zero-order chi connectivity index (χ0) is 14.7. The third-order valence-electron chi connectivity index (χ3n) is 4.85. The lowest BCUT2D eigenvalue weighted by molar-refractivity contribution is 0.0914. The molecule has 21 heavy (non-hydrogen) atoms. The predicted molar refractivity (Wildman–Crippen MR) is 84.3 cm³/mol. The van der Waals surface area contributed by atoms with Gasteiger partial charge in [-0.25, -0.2) is 0 Å². The van der Waals surface area contributed by atoms with Crippen LogP contribution in [0.15, 0.2) is 24.3 Å². The van der Waals surface area contributed by atoms with Crippen molar-refractivity contribution in [2.24, 2.45) is 5.73 Å². The number of carbonyl (C=O) groups is 1. The summed E-state index contributed by atoms with van der Waals surface area (Å²) in [5, 5.41) is 3.27. The van der Waals surface area contributed by atoms with Crippen LogP contribution in [0.25, 0.3) is 0 Å². The van der Waals surface area contributed by atoms with Gasteiger partial charge in [0.05, 0.1) is 0 Å². The van der Waals surface area contributed by atoms with Gasteiger partial charge in [0, 0.05) is 24.2 Å². The van der Waals surface area contributed by atoms with Crippen LogP contribution in [-0.2, 0) is 6.42 Å². The Balaban J connectivity index is 1.69. The molecule has 4 heteroatoms. The van der Waals surface area contributed by atoms with E-state index < -0.39 is 0 Å². The molecule has 1 amide bonds. The average molecular weight is 287 g/mol. The standard InChI is InChI=1S/C17H25N3O/c18-10-8-13-5-1-2-6-14(13)17(21)19-15-9-12-20-11-4-3-7-16(15)20/h1-2,5-6,15-16H,3-4,7-12,18H2,(H,19,21). The SMILES string of the molecule is NCCc1ccccc1C(=O)NC1CCN2CCCCC12. The second-order valence-corrected chi connectivity index (χ2v) is 6.16. The summed E-state index contributed by atoms with van der Waals surface area (Å²) in [6.45, 7) is 2.89. The third-order valence-corrected chi connectivity index (χ3v) is 4.85. The molecule has 0 radical (unpaired) electrons. The van der Waals surface area contributed by atoms with Gasteiger partial charge in [-0.05, 0) is 50.4 Å². The van der Waals surface area contributed by atoms with E-state index in [0.29, 0.717) is 18.6 Å². The van der Waals surface area contributed by atoms with Gasteiger partial charge >= 0.3 is 0 Å². The van der Waals surface area contributed by atoms with Crippen molar-refractivity contribution in [2.75, 3.05) is 19.6 Å².